The van der Waals surface area contributed by atoms with Crippen LogP contribution in [0.15, 0.2) is 18.3 Å². The van der Waals surface area contributed by atoms with Crippen molar-refractivity contribution in [3.05, 3.63) is 24.0 Å². The van der Waals surface area contributed by atoms with Gasteiger partial charge in [0.05, 0.1) is 0 Å². The molecule has 0 aromatic carbocycles. The minimum absolute atomic E-state index is 0.0780. The Morgan fingerprint density at radius 3 is 2.72 bits per heavy atom. The van der Waals surface area contributed by atoms with Crippen molar-refractivity contribution in [2.24, 2.45) is 0 Å². The van der Waals surface area contributed by atoms with Gasteiger partial charge in [-0.2, -0.15) is 0 Å². The Bertz CT molecular complexity index is 681. The molecule has 25 heavy (non-hydrogen) atoms. The SMILES string of the molecule is CN1CCC2(CCC1=O)CN(C(=O)c1cccn1C1CC1)CCN2C. The summed E-state index contributed by atoms with van der Waals surface area (Å²) >= 11 is 0. The van der Waals surface area contributed by atoms with Gasteiger partial charge in [0.2, 0.25) is 5.91 Å². The van der Waals surface area contributed by atoms with Crippen LogP contribution in [0.2, 0.25) is 0 Å². The zero-order valence-corrected chi connectivity index (χ0v) is 15.3. The average molecular weight is 344 g/mol. The second-order valence-corrected chi connectivity index (χ2v) is 7.97. The smallest absolute Gasteiger partial charge is 0.270 e. The van der Waals surface area contributed by atoms with E-state index in [0.717, 1.165) is 44.7 Å². The first-order valence-corrected chi connectivity index (χ1v) is 9.41. The molecule has 1 spiro atoms. The fourth-order valence-corrected chi connectivity index (χ4v) is 4.34. The zero-order valence-electron chi connectivity index (χ0n) is 15.3. The van der Waals surface area contributed by atoms with Gasteiger partial charge in [0.25, 0.3) is 5.91 Å². The van der Waals surface area contributed by atoms with Gasteiger partial charge < -0.3 is 14.4 Å². The van der Waals surface area contributed by atoms with E-state index in [0.29, 0.717) is 12.5 Å². The molecule has 3 heterocycles. The predicted molar refractivity (Wildman–Crippen MR) is 95.5 cm³/mol. The highest BCUT2D eigenvalue weighted by atomic mass is 16.2. The number of amides is 2. The minimum atomic E-state index is -0.0780. The average Bonchev–Trinajstić information content (AvgIpc) is 3.37. The van der Waals surface area contributed by atoms with Gasteiger partial charge in [0, 0.05) is 57.4 Å². The lowest BCUT2D eigenvalue weighted by Gasteiger charge is -2.49. The fourth-order valence-electron chi connectivity index (χ4n) is 4.34. The molecule has 1 unspecified atom stereocenters. The van der Waals surface area contributed by atoms with Crippen LogP contribution in [-0.2, 0) is 4.79 Å². The molecule has 2 aliphatic heterocycles. The minimum Gasteiger partial charge on any atom is -0.346 e. The van der Waals surface area contributed by atoms with E-state index < -0.39 is 0 Å². The van der Waals surface area contributed by atoms with Crippen molar-refractivity contribution in [2.45, 2.75) is 43.7 Å². The Morgan fingerprint density at radius 1 is 1.16 bits per heavy atom. The number of likely N-dealkylation sites (tertiary alicyclic amines) is 1. The van der Waals surface area contributed by atoms with Gasteiger partial charge in [-0.25, -0.2) is 0 Å². The maximum atomic E-state index is 13.2. The normalized spacial score (nSPS) is 28.5. The number of hydrogen-bond acceptors (Lipinski definition) is 3. The summed E-state index contributed by atoms with van der Waals surface area (Å²) in [5, 5.41) is 0. The Labute approximate surface area is 149 Å². The molecule has 0 bridgehead atoms. The van der Waals surface area contributed by atoms with E-state index in [-0.39, 0.29) is 17.4 Å². The second kappa shape index (κ2) is 6.16. The molecule has 1 saturated carbocycles. The molecule has 3 fully saturated rings. The third kappa shape index (κ3) is 2.97. The summed E-state index contributed by atoms with van der Waals surface area (Å²) in [5.74, 6) is 0.365. The Kier molecular flexibility index (Phi) is 4.10. The molecule has 1 aromatic rings. The van der Waals surface area contributed by atoms with Gasteiger partial charge in [-0.15, -0.1) is 0 Å². The topological polar surface area (TPSA) is 48.8 Å². The highest BCUT2D eigenvalue weighted by Crippen LogP contribution is 2.37. The first-order chi connectivity index (χ1) is 12.0. The molecule has 6 heteroatoms. The molecule has 0 radical (unpaired) electrons. The van der Waals surface area contributed by atoms with Gasteiger partial charge in [-0.1, -0.05) is 0 Å². The number of hydrogen-bond donors (Lipinski definition) is 0. The molecular weight excluding hydrogens is 316 g/mol. The van der Waals surface area contributed by atoms with E-state index in [4.69, 9.17) is 0 Å². The van der Waals surface area contributed by atoms with Crippen molar-refractivity contribution in [3.63, 3.8) is 0 Å². The van der Waals surface area contributed by atoms with E-state index in [1.165, 1.54) is 12.8 Å². The van der Waals surface area contributed by atoms with Gasteiger partial charge in [-0.3, -0.25) is 14.5 Å². The number of rotatable bonds is 2. The summed E-state index contributed by atoms with van der Waals surface area (Å²) in [6.07, 6.45) is 6.72. The van der Waals surface area contributed by atoms with Crippen molar-refractivity contribution in [3.8, 4) is 0 Å². The third-order valence-corrected chi connectivity index (χ3v) is 6.37. The highest BCUT2D eigenvalue weighted by Gasteiger charge is 2.43. The maximum Gasteiger partial charge on any atom is 0.270 e. The van der Waals surface area contributed by atoms with Crippen LogP contribution in [0.4, 0.5) is 0 Å². The van der Waals surface area contributed by atoms with Gasteiger partial charge >= 0.3 is 0 Å². The van der Waals surface area contributed by atoms with E-state index in [9.17, 15) is 9.59 Å². The molecule has 0 N–H and O–H groups in total. The molecule has 1 atom stereocenters. The summed E-state index contributed by atoms with van der Waals surface area (Å²) in [7, 11) is 4.03. The summed E-state index contributed by atoms with van der Waals surface area (Å²) < 4.78 is 2.15. The van der Waals surface area contributed by atoms with E-state index >= 15 is 0 Å². The van der Waals surface area contributed by atoms with Crippen molar-refractivity contribution in [1.82, 2.24) is 19.3 Å². The lowest BCUT2D eigenvalue weighted by atomic mass is 9.86. The van der Waals surface area contributed by atoms with Crippen molar-refractivity contribution in [2.75, 3.05) is 40.3 Å². The largest absolute Gasteiger partial charge is 0.346 e. The lowest BCUT2D eigenvalue weighted by molar-refractivity contribution is -0.129. The molecule has 1 aliphatic carbocycles. The van der Waals surface area contributed by atoms with Crippen LogP contribution in [0.1, 0.15) is 48.6 Å². The molecule has 2 saturated heterocycles. The van der Waals surface area contributed by atoms with E-state index in [1.807, 2.05) is 35.2 Å². The number of carbonyl (C=O) groups excluding carboxylic acids is 2. The van der Waals surface area contributed by atoms with Crippen LogP contribution in [-0.4, -0.2) is 76.9 Å². The van der Waals surface area contributed by atoms with Crippen molar-refractivity contribution in [1.29, 1.82) is 0 Å². The van der Waals surface area contributed by atoms with Gasteiger partial charge in [0.15, 0.2) is 0 Å². The van der Waals surface area contributed by atoms with Crippen LogP contribution in [0.5, 0.6) is 0 Å². The Hall–Kier alpha value is -1.82. The van der Waals surface area contributed by atoms with Gasteiger partial charge in [-0.05, 0) is 44.9 Å². The van der Waals surface area contributed by atoms with E-state index in [2.05, 4.69) is 16.5 Å². The maximum absolute atomic E-state index is 13.2. The van der Waals surface area contributed by atoms with Gasteiger partial charge in [0.1, 0.15) is 5.69 Å². The monoisotopic (exact) mass is 344 g/mol. The molecule has 1 aromatic heterocycles. The van der Waals surface area contributed by atoms with Crippen LogP contribution in [0.25, 0.3) is 0 Å². The van der Waals surface area contributed by atoms with Crippen molar-refractivity contribution < 1.29 is 9.59 Å². The number of piperazine rings is 1. The summed E-state index contributed by atoms with van der Waals surface area (Å²) in [6, 6.07) is 4.45. The number of carbonyl (C=O) groups is 2. The lowest BCUT2D eigenvalue weighted by Crippen LogP contribution is -2.62. The van der Waals surface area contributed by atoms with Crippen LogP contribution in [0, 0.1) is 0 Å². The Balaban J connectivity index is 1.54. The fraction of sp³-hybridized carbons (Fsp3) is 0.684. The number of aromatic nitrogens is 1. The molecule has 3 aliphatic rings. The molecule has 2 amide bonds. The summed E-state index contributed by atoms with van der Waals surface area (Å²) in [5.41, 5.74) is 0.745. The van der Waals surface area contributed by atoms with Crippen molar-refractivity contribution >= 4 is 11.8 Å². The second-order valence-electron chi connectivity index (χ2n) is 7.97. The Morgan fingerprint density at radius 2 is 1.96 bits per heavy atom. The highest BCUT2D eigenvalue weighted by molar-refractivity contribution is 5.93. The summed E-state index contributed by atoms with van der Waals surface area (Å²) in [6.45, 7) is 3.12. The van der Waals surface area contributed by atoms with Crippen LogP contribution >= 0.6 is 0 Å². The third-order valence-electron chi connectivity index (χ3n) is 6.37. The zero-order chi connectivity index (χ0) is 17.6. The van der Waals surface area contributed by atoms with Crippen LogP contribution < -0.4 is 0 Å². The standard InChI is InChI=1S/C19H28N4O2/c1-20-11-9-19(8-7-17(20)24)14-22(13-12-21(19)2)18(25)16-4-3-10-23(16)15-5-6-15/h3-4,10,15H,5-9,11-14H2,1-2H3. The number of likely N-dealkylation sites (N-methyl/N-ethyl adjacent to an activating group) is 1. The first-order valence-electron chi connectivity index (χ1n) is 9.41. The molecular formula is C19H28N4O2. The molecule has 136 valence electrons. The quantitative estimate of drug-likeness (QED) is 0.819. The van der Waals surface area contributed by atoms with Crippen LogP contribution in [0.3, 0.4) is 0 Å². The van der Waals surface area contributed by atoms with E-state index in [1.54, 1.807) is 0 Å². The molecule has 6 nitrogen and oxygen atoms in total. The first kappa shape index (κ1) is 16.6. The number of nitrogens with zero attached hydrogens (tertiary/aromatic N) is 4. The summed E-state index contributed by atoms with van der Waals surface area (Å²) in [4.78, 5) is 31.5. The molecule has 4 rings (SSSR count). The predicted octanol–water partition coefficient (Wildman–Crippen LogP) is 1.59.